The van der Waals surface area contributed by atoms with E-state index < -0.39 is 17.2 Å². The first-order valence-electron chi connectivity index (χ1n) is 14.0. The predicted molar refractivity (Wildman–Crippen MR) is 138 cm³/mol. The number of benzene rings is 2. The van der Waals surface area contributed by atoms with Crippen molar-refractivity contribution in [1.82, 2.24) is 4.90 Å². The fourth-order valence-electron chi connectivity index (χ4n) is 6.78. The highest BCUT2D eigenvalue weighted by molar-refractivity contribution is 5.83. The zero-order valence-corrected chi connectivity index (χ0v) is 21.6. The normalized spacial score (nSPS) is 23.7. The monoisotopic (exact) mass is 513 g/mol. The minimum atomic E-state index is -4.31. The average Bonchev–Trinajstić information content (AvgIpc) is 3.18. The fraction of sp³-hybridized carbons (Fsp3) is 0.581. The van der Waals surface area contributed by atoms with Crippen LogP contribution in [0.3, 0.4) is 0 Å². The van der Waals surface area contributed by atoms with E-state index in [2.05, 4.69) is 17.0 Å². The van der Waals surface area contributed by atoms with E-state index in [0.29, 0.717) is 6.42 Å². The number of carbonyl (C=O) groups excluding carboxylic acids is 1. The summed E-state index contributed by atoms with van der Waals surface area (Å²) in [7, 11) is 0. The van der Waals surface area contributed by atoms with E-state index in [-0.39, 0.29) is 17.5 Å². The molecule has 0 aromatic heterocycles. The Morgan fingerprint density at radius 3 is 2.22 bits per heavy atom. The molecule has 0 unspecified atom stereocenters. The quantitative estimate of drug-likeness (QED) is 0.299. The van der Waals surface area contributed by atoms with Crippen molar-refractivity contribution in [2.45, 2.75) is 88.3 Å². The molecule has 0 bridgehead atoms. The zero-order valence-electron chi connectivity index (χ0n) is 21.6. The van der Waals surface area contributed by atoms with Crippen LogP contribution in [0.25, 0.3) is 0 Å². The summed E-state index contributed by atoms with van der Waals surface area (Å²) in [4.78, 5) is 16.2. The van der Waals surface area contributed by atoms with Crippen LogP contribution >= 0.6 is 0 Å². The minimum Gasteiger partial charge on any atom is -0.461 e. The number of carbonyl (C=O) groups is 1. The molecule has 2 aromatic carbocycles. The number of likely N-dealkylation sites (tertiary alicyclic amines) is 1. The first-order chi connectivity index (χ1) is 17.8. The van der Waals surface area contributed by atoms with Crippen LogP contribution in [0.5, 0.6) is 0 Å². The second kappa shape index (κ2) is 10.8. The van der Waals surface area contributed by atoms with Crippen LogP contribution in [0.15, 0.2) is 54.6 Å². The van der Waals surface area contributed by atoms with Gasteiger partial charge in [0, 0.05) is 12.0 Å². The molecular weight excluding hydrogens is 475 g/mol. The van der Waals surface area contributed by atoms with E-state index in [4.69, 9.17) is 4.74 Å². The first kappa shape index (κ1) is 26.3. The van der Waals surface area contributed by atoms with Gasteiger partial charge in [-0.3, -0.25) is 4.79 Å². The summed E-state index contributed by atoms with van der Waals surface area (Å²) in [5.41, 5.74) is 0.772. The van der Waals surface area contributed by atoms with Crippen molar-refractivity contribution in [2.24, 2.45) is 5.41 Å². The van der Waals surface area contributed by atoms with Gasteiger partial charge in [-0.25, -0.2) is 0 Å². The van der Waals surface area contributed by atoms with Gasteiger partial charge in [-0.15, -0.1) is 0 Å². The molecule has 0 amide bonds. The number of ether oxygens (including phenoxy) is 1. The smallest absolute Gasteiger partial charge is 0.416 e. The van der Waals surface area contributed by atoms with Crippen molar-refractivity contribution in [3.8, 4) is 0 Å². The molecule has 0 N–H and O–H groups in total. The van der Waals surface area contributed by atoms with E-state index in [0.717, 1.165) is 88.2 Å². The number of hydrogen-bond donors (Lipinski definition) is 0. The highest BCUT2D eigenvalue weighted by Crippen LogP contribution is 2.52. The summed E-state index contributed by atoms with van der Waals surface area (Å²) in [6.45, 7) is 2.55. The van der Waals surface area contributed by atoms with Crippen molar-refractivity contribution in [2.75, 3.05) is 19.6 Å². The van der Waals surface area contributed by atoms with E-state index in [1.54, 1.807) is 6.07 Å². The van der Waals surface area contributed by atoms with Gasteiger partial charge >= 0.3 is 12.1 Å². The second-order valence-corrected chi connectivity index (χ2v) is 11.4. The number of rotatable bonds is 6. The van der Waals surface area contributed by atoms with E-state index in [9.17, 15) is 18.0 Å². The number of piperidine rings is 1. The van der Waals surface area contributed by atoms with Crippen molar-refractivity contribution in [3.05, 3.63) is 71.3 Å². The van der Waals surface area contributed by atoms with Gasteiger partial charge in [-0.1, -0.05) is 74.2 Å². The summed E-state index contributed by atoms with van der Waals surface area (Å²) in [6.07, 6.45) is 6.43. The van der Waals surface area contributed by atoms with Gasteiger partial charge in [-0.05, 0) is 75.2 Å². The highest BCUT2D eigenvalue weighted by Gasteiger charge is 2.52. The summed E-state index contributed by atoms with van der Waals surface area (Å²) in [6, 6.07) is 15.9. The van der Waals surface area contributed by atoms with Crippen molar-refractivity contribution >= 4 is 5.97 Å². The standard InChI is InChI=1S/C31H38F3NO2/c32-31(33,34)26-12-8-9-24(23-26)14-20-35-21-18-29(19-22-35)17-13-27(29)37-28(36)30(15-6-1-2-7-16-30)25-10-4-3-5-11-25/h3-5,8-12,23,27H,1-2,6-7,13-22H2/t27-/m0/s1. The molecule has 1 atom stereocenters. The lowest BCUT2D eigenvalue weighted by atomic mass is 9.60. The molecule has 37 heavy (non-hydrogen) atoms. The molecule has 6 heteroatoms. The van der Waals surface area contributed by atoms with Gasteiger partial charge < -0.3 is 9.64 Å². The maximum absolute atomic E-state index is 13.8. The Bertz CT molecular complexity index is 1050. The lowest BCUT2D eigenvalue weighted by molar-refractivity contribution is -0.182. The molecule has 3 aliphatic rings. The van der Waals surface area contributed by atoms with E-state index in [1.807, 2.05) is 18.2 Å². The minimum absolute atomic E-state index is 0.0190. The maximum atomic E-state index is 13.8. The fourth-order valence-corrected chi connectivity index (χ4v) is 6.78. The molecule has 2 saturated carbocycles. The average molecular weight is 514 g/mol. The summed E-state index contributed by atoms with van der Waals surface area (Å²) in [5.74, 6) is -0.0309. The molecule has 3 fully saturated rings. The van der Waals surface area contributed by atoms with Crippen LogP contribution in [-0.2, 0) is 27.5 Å². The predicted octanol–water partition coefficient (Wildman–Crippen LogP) is 7.33. The van der Waals surface area contributed by atoms with Crippen molar-refractivity contribution in [1.29, 1.82) is 0 Å². The van der Waals surface area contributed by atoms with Crippen LogP contribution in [0, 0.1) is 5.41 Å². The third kappa shape index (κ3) is 5.59. The van der Waals surface area contributed by atoms with Crippen molar-refractivity contribution in [3.63, 3.8) is 0 Å². The van der Waals surface area contributed by atoms with Crippen LogP contribution < -0.4 is 0 Å². The van der Waals surface area contributed by atoms with Crippen LogP contribution in [0.4, 0.5) is 13.2 Å². The highest BCUT2D eigenvalue weighted by atomic mass is 19.4. The summed E-state index contributed by atoms with van der Waals surface area (Å²) >= 11 is 0. The third-order valence-electron chi connectivity index (χ3n) is 9.33. The van der Waals surface area contributed by atoms with Gasteiger partial charge in [-0.2, -0.15) is 13.2 Å². The van der Waals surface area contributed by atoms with Crippen molar-refractivity contribution < 1.29 is 22.7 Å². The van der Waals surface area contributed by atoms with Crippen LogP contribution in [-0.4, -0.2) is 36.6 Å². The number of hydrogen-bond acceptors (Lipinski definition) is 3. The van der Waals surface area contributed by atoms with Gasteiger partial charge in [0.1, 0.15) is 6.10 Å². The molecular formula is C31H38F3NO2. The second-order valence-electron chi connectivity index (χ2n) is 11.4. The largest absolute Gasteiger partial charge is 0.461 e. The zero-order chi connectivity index (χ0) is 25.9. The Kier molecular flexibility index (Phi) is 7.67. The molecule has 200 valence electrons. The Morgan fingerprint density at radius 2 is 1.59 bits per heavy atom. The first-order valence-corrected chi connectivity index (χ1v) is 14.0. The molecule has 2 aliphatic carbocycles. The Balaban J connectivity index is 1.18. The SMILES string of the molecule is O=C(O[C@H]1CCC12CCN(CCc1cccc(C(F)(F)F)c1)CC2)C1(c2ccccc2)CCCCCC1. The lowest BCUT2D eigenvalue weighted by Crippen LogP contribution is -2.55. The summed E-state index contributed by atoms with van der Waals surface area (Å²) in [5, 5.41) is 0. The molecule has 2 aromatic rings. The lowest BCUT2D eigenvalue weighted by Gasteiger charge is -2.53. The number of alkyl halides is 3. The number of esters is 1. The molecule has 1 aliphatic heterocycles. The molecule has 3 nitrogen and oxygen atoms in total. The molecule has 1 spiro atoms. The van der Waals surface area contributed by atoms with Gasteiger partial charge in [0.05, 0.1) is 11.0 Å². The van der Waals surface area contributed by atoms with Gasteiger partial charge in [0.2, 0.25) is 0 Å². The third-order valence-corrected chi connectivity index (χ3v) is 9.33. The van der Waals surface area contributed by atoms with E-state index >= 15 is 0 Å². The Labute approximate surface area is 218 Å². The summed E-state index contributed by atoms with van der Waals surface area (Å²) < 4.78 is 45.5. The molecule has 5 rings (SSSR count). The van der Waals surface area contributed by atoms with Crippen LogP contribution in [0.1, 0.15) is 80.9 Å². The molecule has 1 saturated heterocycles. The van der Waals surface area contributed by atoms with E-state index in [1.165, 1.54) is 25.0 Å². The Morgan fingerprint density at radius 1 is 0.892 bits per heavy atom. The molecule has 1 heterocycles. The molecule has 0 radical (unpaired) electrons. The Hall–Kier alpha value is -2.34. The topological polar surface area (TPSA) is 29.5 Å². The maximum Gasteiger partial charge on any atom is 0.416 e. The van der Waals surface area contributed by atoms with Gasteiger partial charge in [0.25, 0.3) is 0 Å². The van der Waals surface area contributed by atoms with Gasteiger partial charge in [0.15, 0.2) is 0 Å². The van der Waals surface area contributed by atoms with Crippen LogP contribution in [0.2, 0.25) is 0 Å². The number of halogens is 3. The number of nitrogens with zero attached hydrogens (tertiary/aromatic N) is 1.